The zero-order chi connectivity index (χ0) is 18.6. The quantitative estimate of drug-likeness (QED) is 0.693. The van der Waals surface area contributed by atoms with E-state index in [1.165, 1.54) is 19.3 Å². The number of rotatable bonds is 2. The van der Waals surface area contributed by atoms with Crippen molar-refractivity contribution < 1.29 is 24.5 Å². The maximum atomic E-state index is 12.3. The molecule has 27 heavy (non-hydrogen) atoms. The molecular formula is C22H30NO4+. The molecule has 2 bridgehead atoms. The largest absolute Gasteiger partial charge is 0.508 e. The minimum absolute atomic E-state index is 0.0530. The van der Waals surface area contributed by atoms with E-state index in [1.807, 2.05) is 6.07 Å². The molecule has 6 atom stereocenters. The van der Waals surface area contributed by atoms with Crippen molar-refractivity contribution in [2.45, 2.75) is 74.2 Å². The number of likely N-dealkylation sites (N-methyl/N-ethyl adjacent to an activating group) is 1. The number of phenolic OH excluding ortho intramolecular Hbond substituents is 1. The third-order valence-electron chi connectivity index (χ3n) is 9.00. The summed E-state index contributed by atoms with van der Waals surface area (Å²) in [5.74, 6) is 1.85. The summed E-state index contributed by atoms with van der Waals surface area (Å²) < 4.78 is 7.15. The minimum atomic E-state index is -0.875. The molecule has 3 fully saturated rings. The van der Waals surface area contributed by atoms with E-state index >= 15 is 0 Å². The van der Waals surface area contributed by atoms with Crippen molar-refractivity contribution in [1.29, 1.82) is 0 Å². The Bertz CT molecular complexity index is 823. The van der Waals surface area contributed by atoms with Crippen molar-refractivity contribution in [3.63, 3.8) is 0 Å². The summed E-state index contributed by atoms with van der Waals surface area (Å²) in [4.78, 5) is 0. The van der Waals surface area contributed by atoms with E-state index in [1.54, 1.807) is 6.07 Å². The maximum Gasteiger partial charge on any atom is 0.137 e. The monoisotopic (exact) mass is 372 g/mol. The topological polar surface area (TPSA) is 69.9 Å². The zero-order valence-electron chi connectivity index (χ0n) is 16.0. The summed E-state index contributed by atoms with van der Waals surface area (Å²) in [5, 5.41) is 33.8. The van der Waals surface area contributed by atoms with Crippen LogP contribution in [0.5, 0.6) is 11.5 Å². The summed E-state index contributed by atoms with van der Waals surface area (Å²) in [6.07, 6.45) is 5.70. The van der Waals surface area contributed by atoms with E-state index < -0.39 is 23.2 Å². The predicted octanol–water partition coefficient (Wildman–Crippen LogP) is 1.85. The number of benzene rings is 1. The van der Waals surface area contributed by atoms with Crippen molar-refractivity contribution in [2.75, 3.05) is 20.1 Å². The van der Waals surface area contributed by atoms with Gasteiger partial charge in [-0.05, 0) is 37.8 Å². The Labute approximate surface area is 160 Å². The lowest BCUT2D eigenvalue weighted by Gasteiger charge is -2.65. The number of hydrogen-bond donors (Lipinski definition) is 3. The smallest absolute Gasteiger partial charge is 0.137 e. The van der Waals surface area contributed by atoms with Crippen LogP contribution < -0.4 is 4.74 Å². The first-order valence-electron chi connectivity index (χ1n) is 10.7. The van der Waals surface area contributed by atoms with Crippen LogP contribution in [-0.4, -0.2) is 63.8 Å². The lowest BCUT2D eigenvalue weighted by atomic mass is 9.48. The van der Waals surface area contributed by atoms with Crippen molar-refractivity contribution >= 4 is 0 Å². The van der Waals surface area contributed by atoms with E-state index in [-0.39, 0.29) is 6.04 Å². The van der Waals surface area contributed by atoms with Gasteiger partial charge in [-0.1, -0.05) is 6.42 Å². The number of phenols is 1. The molecule has 5 aliphatic rings. The van der Waals surface area contributed by atoms with Crippen LogP contribution in [0.25, 0.3) is 0 Å². The number of ether oxygens (including phenoxy) is 1. The number of aromatic hydroxyl groups is 1. The Morgan fingerprint density at radius 1 is 1.22 bits per heavy atom. The van der Waals surface area contributed by atoms with Gasteiger partial charge in [-0.15, -0.1) is 0 Å². The van der Waals surface area contributed by atoms with E-state index in [9.17, 15) is 15.3 Å². The fraction of sp³-hybridized carbons (Fsp3) is 0.727. The van der Waals surface area contributed by atoms with Crippen LogP contribution in [0.1, 0.15) is 49.7 Å². The van der Waals surface area contributed by atoms with E-state index in [0.717, 1.165) is 46.8 Å². The van der Waals surface area contributed by atoms with Gasteiger partial charge in [-0.25, -0.2) is 0 Å². The highest BCUT2D eigenvalue weighted by Gasteiger charge is 2.76. The molecule has 2 aliphatic heterocycles. The van der Waals surface area contributed by atoms with Gasteiger partial charge in [0.05, 0.1) is 31.7 Å². The molecule has 0 amide bonds. The number of quaternary nitrogens is 1. The summed E-state index contributed by atoms with van der Waals surface area (Å²) >= 11 is 0. The van der Waals surface area contributed by atoms with Crippen LogP contribution in [0.3, 0.4) is 0 Å². The Morgan fingerprint density at radius 2 is 2.04 bits per heavy atom. The highest BCUT2D eigenvalue weighted by molar-refractivity contribution is 5.61. The summed E-state index contributed by atoms with van der Waals surface area (Å²) in [6.45, 7) is 2.12. The third kappa shape index (κ3) is 1.77. The normalized spacial score (nSPS) is 47.1. The Balaban J connectivity index is 1.56. The second-order valence-electron chi connectivity index (χ2n) is 10.1. The van der Waals surface area contributed by atoms with Crippen molar-refractivity contribution in [3.05, 3.63) is 23.3 Å². The lowest BCUT2D eigenvalue weighted by Crippen LogP contribution is -2.81. The second kappa shape index (κ2) is 5.00. The number of likely N-dealkylation sites (tertiary alicyclic amines) is 1. The van der Waals surface area contributed by atoms with Crippen molar-refractivity contribution in [2.24, 2.45) is 5.92 Å². The second-order valence-corrected chi connectivity index (χ2v) is 10.1. The Kier molecular flexibility index (Phi) is 3.08. The van der Waals surface area contributed by atoms with Crippen LogP contribution in [-0.2, 0) is 11.8 Å². The molecule has 1 saturated heterocycles. The molecule has 3 N–H and O–H groups in total. The van der Waals surface area contributed by atoms with Gasteiger partial charge >= 0.3 is 0 Å². The van der Waals surface area contributed by atoms with E-state index in [4.69, 9.17) is 4.74 Å². The molecular weight excluding hydrogens is 342 g/mol. The van der Waals surface area contributed by atoms with Gasteiger partial charge in [-0.3, -0.25) is 0 Å². The van der Waals surface area contributed by atoms with Crippen molar-refractivity contribution in [3.8, 4) is 11.5 Å². The van der Waals surface area contributed by atoms with Gasteiger partial charge in [0, 0.05) is 29.9 Å². The zero-order valence-corrected chi connectivity index (χ0v) is 16.0. The Hall–Kier alpha value is -1.30. The molecule has 5 nitrogen and oxygen atoms in total. The number of piperidine rings is 1. The molecule has 2 saturated carbocycles. The molecule has 1 aromatic carbocycles. The number of hydrogen-bond acceptors (Lipinski definition) is 4. The Morgan fingerprint density at radius 3 is 2.78 bits per heavy atom. The minimum Gasteiger partial charge on any atom is -0.508 e. The van der Waals surface area contributed by atoms with Crippen LogP contribution >= 0.6 is 0 Å². The summed E-state index contributed by atoms with van der Waals surface area (Å²) in [6, 6.07) is 3.61. The summed E-state index contributed by atoms with van der Waals surface area (Å²) in [7, 11) is 2.32. The number of aliphatic hydroxyl groups excluding tert-OH is 1. The molecule has 0 aromatic heterocycles. The first-order chi connectivity index (χ1) is 12.9. The first-order valence-corrected chi connectivity index (χ1v) is 10.7. The molecule has 1 aromatic rings. The van der Waals surface area contributed by atoms with Gasteiger partial charge < -0.3 is 24.5 Å². The molecule has 1 spiro atoms. The third-order valence-corrected chi connectivity index (χ3v) is 9.00. The van der Waals surface area contributed by atoms with Crippen LogP contribution in [0, 0.1) is 5.92 Å². The lowest BCUT2D eigenvalue weighted by molar-refractivity contribution is -0.952. The highest BCUT2D eigenvalue weighted by Crippen LogP contribution is 2.66. The van der Waals surface area contributed by atoms with Crippen molar-refractivity contribution in [1.82, 2.24) is 0 Å². The fourth-order valence-corrected chi connectivity index (χ4v) is 7.52. The maximum absolute atomic E-state index is 12.3. The van der Waals surface area contributed by atoms with Gasteiger partial charge in [0.15, 0.2) is 0 Å². The SMILES string of the molecule is C[N@@+]1(CC2CCC2)CC[C@]23c4c5ccc(O)c4C[C@H]1[C@]2(O)CC[C@H](O)C3O5. The molecule has 3 aliphatic carbocycles. The fourth-order valence-electron chi connectivity index (χ4n) is 7.52. The number of nitrogens with zero attached hydrogens (tertiary/aromatic N) is 1. The van der Waals surface area contributed by atoms with E-state index in [0.29, 0.717) is 25.0 Å². The molecule has 0 radical (unpaired) electrons. The molecule has 5 heteroatoms. The molecule has 146 valence electrons. The van der Waals surface area contributed by atoms with Gasteiger partial charge in [0.2, 0.25) is 0 Å². The van der Waals surface area contributed by atoms with E-state index in [2.05, 4.69) is 7.05 Å². The molecule has 1 unspecified atom stereocenters. The van der Waals surface area contributed by atoms with Gasteiger partial charge in [0.25, 0.3) is 0 Å². The van der Waals surface area contributed by atoms with Crippen LogP contribution in [0.2, 0.25) is 0 Å². The molecule has 6 rings (SSSR count). The number of aliphatic hydroxyl groups is 2. The first kappa shape index (κ1) is 16.6. The standard InChI is InChI=1S/C22H29NO4/c1-23(12-13-3-2-4-13)10-9-21-19-14-11-18(23)22(21,26)8-7-16(25)20(21)27-17(19)6-5-15(14)24/h5-6,13,16,18,20,25-26H,2-4,7-12H2,1H3/p+1/t16-,18-,20?,21+,22+,23-/m0/s1. The average molecular weight is 372 g/mol. The summed E-state index contributed by atoms with van der Waals surface area (Å²) in [5.41, 5.74) is 0.505. The van der Waals surface area contributed by atoms with Crippen LogP contribution in [0.4, 0.5) is 0 Å². The predicted molar refractivity (Wildman–Crippen MR) is 99.8 cm³/mol. The van der Waals surface area contributed by atoms with Crippen LogP contribution in [0.15, 0.2) is 12.1 Å². The van der Waals surface area contributed by atoms with Gasteiger partial charge in [-0.2, -0.15) is 0 Å². The average Bonchev–Trinajstić information content (AvgIpc) is 2.95. The van der Waals surface area contributed by atoms with Gasteiger partial charge in [0.1, 0.15) is 29.2 Å². The molecule has 2 heterocycles. The highest BCUT2D eigenvalue weighted by atomic mass is 16.5.